The molecule has 4 rings (SSSR count). The van der Waals surface area contributed by atoms with Crippen LogP contribution in [-0.2, 0) is 11.2 Å². The fraction of sp³-hybridized carbons (Fsp3) is 0.118. The molecule has 0 aromatic heterocycles. The van der Waals surface area contributed by atoms with E-state index in [0.29, 0.717) is 5.75 Å². The Morgan fingerprint density at radius 3 is 2.68 bits per heavy atom. The molecule has 5 nitrogen and oxygen atoms in total. The standard InChI is InChI=1S/C9H7NO3.C8H9N/c11-9(12)7-5-6-3-1-2-4-8(6)13-10-7;1-2-4-8-7(3-1)5-6-9-8/h1-5,10H,(H,11,12);1-4,9H,5-6H2. The summed E-state index contributed by atoms with van der Waals surface area (Å²) in [5.41, 5.74) is 5.91. The van der Waals surface area contributed by atoms with Crippen LogP contribution in [0.2, 0.25) is 0 Å². The normalized spacial score (nSPS) is 13.9. The average Bonchev–Trinajstić information content (AvgIpc) is 3.03. The van der Waals surface area contributed by atoms with Crippen LogP contribution in [0.4, 0.5) is 5.69 Å². The molecule has 22 heavy (non-hydrogen) atoms. The minimum Gasteiger partial charge on any atom is -0.476 e. The molecule has 0 unspecified atom stereocenters. The smallest absolute Gasteiger partial charge is 0.355 e. The second-order valence-corrected chi connectivity index (χ2v) is 4.94. The number of rotatable bonds is 1. The van der Waals surface area contributed by atoms with Crippen LogP contribution < -0.4 is 15.6 Å². The minimum absolute atomic E-state index is 0.0405. The van der Waals surface area contributed by atoms with Gasteiger partial charge >= 0.3 is 5.97 Å². The zero-order chi connectivity index (χ0) is 15.4. The fourth-order valence-corrected chi connectivity index (χ4v) is 2.34. The van der Waals surface area contributed by atoms with E-state index >= 15 is 0 Å². The first-order chi connectivity index (χ1) is 10.7. The summed E-state index contributed by atoms with van der Waals surface area (Å²) in [6.07, 6.45) is 2.72. The quantitative estimate of drug-likeness (QED) is 0.754. The van der Waals surface area contributed by atoms with Gasteiger partial charge in [-0.05, 0) is 30.2 Å². The third-order valence-corrected chi connectivity index (χ3v) is 3.45. The summed E-state index contributed by atoms with van der Waals surface area (Å²) in [5.74, 6) is -0.401. The molecule has 2 heterocycles. The molecule has 2 aromatic rings. The lowest BCUT2D eigenvalue weighted by Crippen LogP contribution is -2.26. The minimum atomic E-state index is -1.03. The topological polar surface area (TPSA) is 70.6 Å². The van der Waals surface area contributed by atoms with Crippen molar-refractivity contribution >= 4 is 17.7 Å². The number of fused-ring (bicyclic) bond motifs is 2. The van der Waals surface area contributed by atoms with Crippen LogP contribution in [-0.4, -0.2) is 17.6 Å². The maximum absolute atomic E-state index is 10.6. The summed E-state index contributed by atoms with van der Waals surface area (Å²) in [5, 5.41) is 12.0. The highest BCUT2D eigenvalue weighted by Gasteiger charge is 2.14. The van der Waals surface area contributed by atoms with E-state index in [-0.39, 0.29) is 5.70 Å². The van der Waals surface area contributed by atoms with E-state index in [1.165, 1.54) is 23.7 Å². The molecular weight excluding hydrogens is 280 g/mol. The molecular formula is C17H16N2O3. The Morgan fingerprint density at radius 2 is 1.86 bits per heavy atom. The van der Waals surface area contributed by atoms with Gasteiger partial charge in [-0.15, -0.1) is 0 Å². The third-order valence-electron chi connectivity index (χ3n) is 3.45. The Labute approximate surface area is 128 Å². The highest BCUT2D eigenvalue weighted by molar-refractivity contribution is 5.92. The Kier molecular flexibility index (Phi) is 3.96. The average molecular weight is 296 g/mol. The molecule has 0 amide bonds. The highest BCUT2D eigenvalue weighted by atomic mass is 16.6. The molecule has 0 fully saturated rings. The van der Waals surface area contributed by atoms with Gasteiger partial charge in [0, 0.05) is 17.8 Å². The van der Waals surface area contributed by atoms with Gasteiger partial charge in [-0.2, -0.15) is 0 Å². The molecule has 2 aliphatic rings. The van der Waals surface area contributed by atoms with E-state index < -0.39 is 5.97 Å². The first-order valence-electron chi connectivity index (χ1n) is 7.03. The number of hydrogen-bond donors (Lipinski definition) is 3. The van der Waals surface area contributed by atoms with Gasteiger partial charge in [-0.1, -0.05) is 36.4 Å². The summed E-state index contributed by atoms with van der Waals surface area (Å²) in [6, 6.07) is 15.7. The number of carboxylic acid groups (broad SMARTS) is 1. The van der Waals surface area contributed by atoms with Gasteiger partial charge in [0.05, 0.1) is 0 Å². The Balaban J connectivity index is 0.000000139. The van der Waals surface area contributed by atoms with Gasteiger partial charge in [0.25, 0.3) is 0 Å². The van der Waals surface area contributed by atoms with Crippen LogP contribution in [0.15, 0.2) is 54.2 Å². The largest absolute Gasteiger partial charge is 0.476 e. The lowest BCUT2D eigenvalue weighted by Gasteiger charge is -2.15. The number of para-hydroxylation sites is 2. The van der Waals surface area contributed by atoms with E-state index in [9.17, 15) is 4.79 Å². The molecule has 2 aliphatic heterocycles. The lowest BCUT2D eigenvalue weighted by molar-refractivity contribution is -0.133. The molecule has 2 aromatic carbocycles. The fourth-order valence-electron chi connectivity index (χ4n) is 2.34. The van der Waals surface area contributed by atoms with Crippen LogP contribution in [0.25, 0.3) is 6.08 Å². The number of hydrogen-bond acceptors (Lipinski definition) is 4. The number of anilines is 1. The second kappa shape index (κ2) is 6.22. The van der Waals surface area contributed by atoms with E-state index in [2.05, 4.69) is 35.1 Å². The molecule has 0 bridgehead atoms. The molecule has 3 N–H and O–H groups in total. The molecule has 112 valence electrons. The number of carbonyl (C=O) groups is 1. The van der Waals surface area contributed by atoms with Crippen LogP contribution in [0, 0.1) is 0 Å². The van der Waals surface area contributed by atoms with E-state index in [1.807, 2.05) is 12.1 Å². The predicted molar refractivity (Wildman–Crippen MR) is 84.5 cm³/mol. The van der Waals surface area contributed by atoms with Crippen LogP contribution in [0.3, 0.4) is 0 Å². The zero-order valence-corrected chi connectivity index (χ0v) is 11.9. The monoisotopic (exact) mass is 296 g/mol. The number of hydroxylamine groups is 1. The first-order valence-corrected chi connectivity index (χ1v) is 7.03. The molecule has 5 heteroatoms. The van der Waals surface area contributed by atoms with Crippen molar-refractivity contribution in [1.82, 2.24) is 5.48 Å². The maximum Gasteiger partial charge on any atom is 0.355 e. The van der Waals surface area contributed by atoms with Crippen molar-refractivity contribution in [2.75, 3.05) is 11.9 Å². The number of carboxylic acids is 1. The zero-order valence-electron chi connectivity index (χ0n) is 11.9. The van der Waals surface area contributed by atoms with E-state index in [1.54, 1.807) is 12.1 Å². The SMILES string of the molecule is O=C(O)C1=Cc2ccccc2ON1.c1ccc2c(c1)CCN2. The van der Waals surface area contributed by atoms with Crippen molar-refractivity contribution in [3.63, 3.8) is 0 Å². The van der Waals surface area contributed by atoms with Crippen molar-refractivity contribution in [2.24, 2.45) is 0 Å². The van der Waals surface area contributed by atoms with Crippen molar-refractivity contribution in [1.29, 1.82) is 0 Å². The van der Waals surface area contributed by atoms with Gasteiger partial charge in [0.1, 0.15) is 0 Å². The molecule has 0 aliphatic carbocycles. The van der Waals surface area contributed by atoms with Crippen molar-refractivity contribution in [3.05, 3.63) is 65.4 Å². The summed E-state index contributed by atoms with van der Waals surface area (Å²) >= 11 is 0. The lowest BCUT2D eigenvalue weighted by atomic mass is 10.1. The van der Waals surface area contributed by atoms with Crippen molar-refractivity contribution in [3.8, 4) is 5.75 Å². The van der Waals surface area contributed by atoms with Gasteiger partial charge in [-0.3, -0.25) is 0 Å². The second-order valence-electron chi connectivity index (χ2n) is 4.94. The summed E-state index contributed by atoms with van der Waals surface area (Å²) in [4.78, 5) is 15.6. The molecule has 0 spiro atoms. The molecule has 0 saturated heterocycles. The maximum atomic E-state index is 10.6. The molecule has 0 radical (unpaired) electrons. The Morgan fingerprint density at radius 1 is 1.09 bits per heavy atom. The number of aliphatic carboxylic acids is 1. The summed E-state index contributed by atoms with van der Waals surface area (Å²) in [6.45, 7) is 1.11. The predicted octanol–water partition coefficient (Wildman–Crippen LogP) is 2.66. The van der Waals surface area contributed by atoms with E-state index in [0.717, 1.165) is 12.1 Å². The molecule has 0 atom stereocenters. The van der Waals surface area contributed by atoms with Crippen molar-refractivity contribution < 1.29 is 14.7 Å². The summed E-state index contributed by atoms with van der Waals surface area (Å²) < 4.78 is 0. The van der Waals surface area contributed by atoms with Gasteiger partial charge in [0.15, 0.2) is 11.4 Å². The van der Waals surface area contributed by atoms with Crippen LogP contribution in [0.1, 0.15) is 11.1 Å². The van der Waals surface area contributed by atoms with Crippen LogP contribution in [0.5, 0.6) is 5.75 Å². The van der Waals surface area contributed by atoms with Gasteiger partial charge < -0.3 is 15.3 Å². The van der Waals surface area contributed by atoms with Crippen molar-refractivity contribution in [2.45, 2.75) is 6.42 Å². The highest BCUT2D eigenvalue weighted by Crippen LogP contribution is 2.23. The van der Waals surface area contributed by atoms with E-state index in [4.69, 9.17) is 9.94 Å². The van der Waals surface area contributed by atoms with Gasteiger partial charge in [0.2, 0.25) is 0 Å². The first kappa shape index (κ1) is 14.0. The number of nitrogens with one attached hydrogen (secondary N) is 2. The number of benzene rings is 2. The van der Waals surface area contributed by atoms with Gasteiger partial charge in [-0.25, -0.2) is 10.3 Å². The Hall–Kier alpha value is -2.95. The molecule has 0 saturated carbocycles. The Bertz CT molecular complexity index is 702. The third kappa shape index (κ3) is 3.03. The summed E-state index contributed by atoms with van der Waals surface area (Å²) in [7, 11) is 0. The van der Waals surface area contributed by atoms with Crippen LogP contribution >= 0.6 is 0 Å².